The standard InChI is InChI=1S/C23H33N7O3S/c1-16(2)26-22(25-15-24)20-14-29-11-12-33-21-6-5-18(13-19(21)23(29)27-20)34(31,32)30-9-7-17(8-10-30)28(3)4/h5-6,13-17H,7-12H2,1-4H3,(H2,24,25,26). The molecular weight excluding hydrogens is 454 g/mol. The number of amidine groups is 1. The molecule has 0 atom stereocenters. The topological polar surface area (TPSA) is 118 Å². The van der Waals surface area contributed by atoms with Gasteiger partial charge in [0, 0.05) is 31.4 Å². The van der Waals surface area contributed by atoms with E-state index in [1.165, 1.54) is 6.34 Å². The van der Waals surface area contributed by atoms with E-state index in [0.717, 1.165) is 12.8 Å². The van der Waals surface area contributed by atoms with Gasteiger partial charge in [-0.2, -0.15) is 4.31 Å². The molecule has 0 radical (unpaired) electrons. The second-order valence-corrected chi connectivity index (χ2v) is 11.0. The van der Waals surface area contributed by atoms with Crippen LogP contribution in [0.5, 0.6) is 5.75 Å². The van der Waals surface area contributed by atoms with Gasteiger partial charge in [-0.05, 0) is 59.0 Å². The van der Waals surface area contributed by atoms with E-state index in [9.17, 15) is 8.42 Å². The van der Waals surface area contributed by atoms with E-state index in [4.69, 9.17) is 15.5 Å². The predicted octanol–water partition coefficient (Wildman–Crippen LogP) is 1.80. The summed E-state index contributed by atoms with van der Waals surface area (Å²) in [4.78, 5) is 15.9. The third-order valence-electron chi connectivity index (χ3n) is 6.16. The van der Waals surface area contributed by atoms with Crippen LogP contribution in [0.15, 0.2) is 39.3 Å². The number of benzene rings is 1. The number of aliphatic imine (C=N–C) groups is 2. The summed E-state index contributed by atoms with van der Waals surface area (Å²) in [5.74, 6) is 1.66. The first kappa shape index (κ1) is 24.4. The van der Waals surface area contributed by atoms with Crippen LogP contribution >= 0.6 is 0 Å². The van der Waals surface area contributed by atoms with Gasteiger partial charge < -0.3 is 19.9 Å². The number of nitrogens with two attached hydrogens (primary N) is 1. The van der Waals surface area contributed by atoms with Gasteiger partial charge in [0.1, 0.15) is 23.9 Å². The minimum atomic E-state index is -3.63. The number of sulfonamides is 1. The molecule has 2 aliphatic heterocycles. The van der Waals surface area contributed by atoms with Crippen molar-refractivity contribution >= 4 is 22.2 Å². The smallest absolute Gasteiger partial charge is 0.243 e. The van der Waals surface area contributed by atoms with Crippen molar-refractivity contribution in [2.24, 2.45) is 15.7 Å². The largest absolute Gasteiger partial charge is 0.491 e. The molecule has 0 unspecified atom stereocenters. The van der Waals surface area contributed by atoms with Crippen LogP contribution in [0.4, 0.5) is 0 Å². The van der Waals surface area contributed by atoms with Crippen LogP contribution in [0, 0.1) is 0 Å². The fourth-order valence-electron chi connectivity index (χ4n) is 4.36. The van der Waals surface area contributed by atoms with Crippen molar-refractivity contribution in [3.63, 3.8) is 0 Å². The lowest BCUT2D eigenvalue weighted by atomic mass is 10.1. The Bertz CT molecular complexity index is 1190. The maximum Gasteiger partial charge on any atom is 0.243 e. The molecule has 4 rings (SSSR count). The highest BCUT2D eigenvalue weighted by Crippen LogP contribution is 2.35. The van der Waals surface area contributed by atoms with Crippen LogP contribution in [0.2, 0.25) is 0 Å². The second kappa shape index (κ2) is 9.85. The number of aromatic nitrogens is 2. The van der Waals surface area contributed by atoms with Crippen molar-refractivity contribution in [2.75, 3.05) is 33.8 Å². The van der Waals surface area contributed by atoms with Gasteiger partial charge in [0.25, 0.3) is 0 Å². The Balaban J connectivity index is 1.71. The van der Waals surface area contributed by atoms with E-state index in [-0.39, 0.29) is 10.9 Å². The summed E-state index contributed by atoms with van der Waals surface area (Å²) in [5, 5.41) is 0. The van der Waals surface area contributed by atoms with Gasteiger partial charge in [-0.15, -0.1) is 0 Å². The normalized spacial score (nSPS) is 18.2. The number of ether oxygens (including phenoxy) is 1. The Morgan fingerprint density at radius 2 is 2.00 bits per heavy atom. The van der Waals surface area contributed by atoms with Gasteiger partial charge in [-0.3, -0.25) is 4.99 Å². The number of nitrogens with zero attached hydrogens (tertiary/aromatic N) is 6. The summed E-state index contributed by atoms with van der Waals surface area (Å²) in [7, 11) is 0.436. The molecule has 1 aromatic heterocycles. The van der Waals surface area contributed by atoms with Crippen LogP contribution in [-0.2, 0) is 16.6 Å². The molecule has 2 N–H and O–H groups in total. The van der Waals surface area contributed by atoms with Crippen molar-refractivity contribution in [3.8, 4) is 17.1 Å². The van der Waals surface area contributed by atoms with Gasteiger partial charge in [0.05, 0.1) is 23.3 Å². The Morgan fingerprint density at radius 1 is 1.26 bits per heavy atom. The zero-order valence-corrected chi connectivity index (χ0v) is 21.0. The second-order valence-electron chi connectivity index (χ2n) is 9.07. The molecule has 3 heterocycles. The zero-order chi connectivity index (χ0) is 24.5. The highest BCUT2D eigenvalue weighted by Gasteiger charge is 2.31. The highest BCUT2D eigenvalue weighted by atomic mass is 32.2. The molecule has 0 aliphatic carbocycles. The number of hydrogen-bond donors (Lipinski definition) is 1. The summed E-state index contributed by atoms with van der Waals surface area (Å²) >= 11 is 0. The summed E-state index contributed by atoms with van der Waals surface area (Å²) in [5.41, 5.74) is 6.74. The molecule has 1 aromatic carbocycles. The Kier molecular flexibility index (Phi) is 7.06. The van der Waals surface area contributed by atoms with E-state index in [0.29, 0.717) is 60.9 Å². The quantitative estimate of drug-likeness (QED) is 0.507. The molecule has 2 aliphatic rings. The number of hydrogen-bond acceptors (Lipinski definition) is 6. The average molecular weight is 488 g/mol. The summed E-state index contributed by atoms with van der Waals surface area (Å²) in [6.07, 6.45) is 4.68. The maximum absolute atomic E-state index is 13.5. The van der Waals surface area contributed by atoms with E-state index in [1.807, 2.05) is 38.7 Å². The molecule has 10 nitrogen and oxygen atoms in total. The van der Waals surface area contributed by atoms with E-state index in [1.54, 1.807) is 22.5 Å². The summed E-state index contributed by atoms with van der Waals surface area (Å²) in [6, 6.07) is 5.43. The minimum absolute atomic E-state index is 0.0178. The van der Waals surface area contributed by atoms with Gasteiger partial charge >= 0.3 is 0 Å². The van der Waals surface area contributed by atoms with Gasteiger partial charge in [0.2, 0.25) is 10.0 Å². The lowest BCUT2D eigenvalue weighted by molar-refractivity contribution is 0.196. The van der Waals surface area contributed by atoms with Crippen LogP contribution < -0.4 is 10.5 Å². The Labute approximate surface area is 201 Å². The lowest BCUT2D eigenvalue weighted by Gasteiger charge is -2.34. The number of fused-ring (bicyclic) bond motifs is 3. The monoisotopic (exact) mass is 487 g/mol. The Morgan fingerprint density at radius 3 is 2.65 bits per heavy atom. The molecule has 0 spiro atoms. The predicted molar refractivity (Wildman–Crippen MR) is 133 cm³/mol. The van der Waals surface area contributed by atoms with Gasteiger partial charge in [-0.1, -0.05) is 0 Å². The SMILES string of the molecule is CC(C)N=C(N=CN)c1cn2c(n1)-c1cc(S(=O)(=O)N3CCC(N(C)C)CC3)ccc1OCC2. The first-order valence-electron chi connectivity index (χ1n) is 11.5. The Hall–Kier alpha value is -2.76. The molecule has 1 fully saturated rings. The summed E-state index contributed by atoms with van der Waals surface area (Å²) in [6.45, 7) is 5.92. The van der Waals surface area contributed by atoms with E-state index < -0.39 is 10.0 Å². The number of piperidine rings is 1. The van der Waals surface area contributed by atoms with Crippen molar-refractivity contribution in [1.29, 1.82) is 0 Å². The van der Waals surface area contributed by atoms with E-state index in [2.05, 4.69) is 14.9 Å². The molecule has 184 valence electrons. The van der Waals surface area contributed by atoms with Gasteiger partial charge in [-0.25, -0.2) is 18.4 Å². The molecule has 34 heavy (non-hydrogen) atoms. The van der Waals surface area contributed by atoms with E-state index >= 15 is 0 Å². The minimum Gasteiger partial charge on any atom is -0.491 e. The van der Waals surface area contributed by atoms with Crippen molar-refractivity contribution < 1.29 is 13.2 Å². The fraction of sp³-hybridized carbons (Fsp3) is 0.522. The zero-order valence-electron chi connectivity index (χ0n) is 20.2. The van der Waals surface area contributed by atoms with Crippen molar-refractivity contribution in [3.05, 3.63) is 30.1 Å². The molecule has 0 saturated carbocycles. The molecule has 0 bridgehead atoms. The van der Waals surface area contributed by atoms with Crippen LogP contribution in [0.25, 0.3) is 11.4 Å². The maximum atomic E-state index is 13.5. The third-order valence-corrected chi connectivity index (χ3v) is 8.05. The first-order chi connectivity index (χ1) is 16.2. The first-order valence-corrected chi connectivity index (χ1v) is 13.0. The fourth-order valence-corrected chi connectivity index (χ4v) is 5.86. The molecule has 2 aromatic rings. The molecule has 0 amide bonds. The van der Waals surface area contributed by atoms with Gasteiger partial charge in [0.15, 0.2) is 5.84 Å². The number of imidazole rings is 1. The lowest BCUT2D eigenvalue weighted by Crippen LogP contribution is -2.44. The molecular formula is C23H33N7O3S. The summed E-state index contributed by atoms with van der Waals surface area (Å²) < 4.78 is 36.3. The highest BCUT2D eigenvalue weighted by molar-refractivity contribution is 7.89. The third kappa shape index (κ3) is 4.86. The van der Waals surface area contributed by atoms with Crippen LogP contribution in [0.3, 0.4) is 0 Å². The average Bonchev–Trinajstić information content (AvgIpc) is 3.15. The molecule has 11 heteroatoms. The van der Waals surface area contributed by atoms with Crippen LogP contribution in [0.1, 0.15) is 32.4 Å². The molecule has 1 saturated heterocycles. The van der Waals surface area contributed by atoms with Crippen molar-refractivity contribution in [1.82, 2.24) is 18.8 Å². The van der Waals surface area contributed by atoms with Crippen molar-refractivity contribution in [2.45, 2.75) is 50.2 Å². The number of rotatable bonds is 5. The van der Waals surface area contributed by atoms with Crippen LogP contribution in [-0.4, -0.2) is 85.2 Å².